The molecule has 1 aliphatic carbocycles. The zero-order valence-electron chi connectivity index (χ0n) is 13.6. The van der Waals surface area contributed by atoms with E-state index in [4.69, 9.17) is 0 Å². The lowest BCUT2D eigenvalue weighted by Crippen LogP contribution is -2.32. The molecule has 6 heteroatoms. The Morgan fingerprint density at radius 3 is 2.39 bits per heavy atom. The molecule has 2 amide bonds. The fraction of sp³-hybridized carbons (Fsp3) is 0.529. The number of nitrogens with one attached hydrogen (secondary N) is 3. The normalized spacial score (nSPS) is 13.1. The maximum atomic E-state index is 11.8. The van der Waals surface area contributed by atoms with Gasteiger partial charge in [0, 0.05) is 24.7 Å². The second-order valence-corrected chi connectivity index (χ2v) is 5.74. The summed E-state index contributed by atoms with van der Waals surface area (Å²) in [6.07, 6.45) is 3.45. The molecule has 0 aliphatic heterocycles. The molecule has 2 rings (SSSR count). The van der Waals surface area contributed by atoms with Gasteiger partial charge in [-0.05, 0) is 43.5 Å². The molecule has 0 radical (unpaired) electrons. The number of rotatable bonds is 9. The van der Waals surface area contributed by atoms with Gasteiger partial charge in [-0.25, -0.2) is 0 Å². The Hall–Kier alpha value is -1.59. The molecule has 0 bridgehead atoms. The fourth-order valence-electron chi connectivity index (χ4n) is 2.14. The van der Waals surface area contributed by atoms with Crippen molar-refractivity contribution < 1.29 is 9.59 Å². The molecular formula is C17H26ClN3O2. The largest absolute Gasteiger partial charge is 0.355 e. The van der Waals surface area contributed by atoms with Crippen LogP contribution >= 0.6 is 12.4 Å². The van der Waals surface area contributed by atoms with E-state index in [9.17, 15) is 9.59 Å². The van der Waals surface area contributed by atoms with Crippen LogP contribution in [0.2, 0.25) is 0 Å². The average molecular weight is 340 g/mol. The molecular weight excluding hydrogens is 314 g/mol. The van der Waals surface area contributed by atoms with E-state index in [1.807, 2.05) is 24.3 Å². The highest BCUT2D eigenvalue weighted by atomic mass is 35.5. The van der Waals surface area contributed by atoms with E-state index in [1.54, 1.807) is 0 Å². The predicted molar refractivity (Wildman–Crippen MR) is 94.9 cm³/mol. The first-order valence-electron chi connectivity index (χ1n) is 8.06. The third kappa shape index (κ3) is 7.48. The molecule has 128 valence electrons. The van der Waals surface area contributed by atoms with Gasteiger partial charge in [-0.3, -0.25) is 9.59 Å². The molecule has 0 heterocycles. The summed E-state index contributed by atoms with van der Waals surface area (Å²) < 4.78 is 0. The van der Waals surface area contributed by atoms with E-state index >= 15 is 0 Å². The zero-order valence-corrected chi connectivity index (χ0v) is 14.4. The first kappa shape index (κ1) is 19.5. The molecule has 1 aromatic rings. The third-order valence-corrected chi connectivity index (χ3v) is 3.59. The Morgan fingerprint density at radius 1 is 1.09 bits per heavy atom. The molecule has 0 aromatic heterocycles. The van der Waals surface area contributed by atoms with Gasteiger partial charge >= 0.3 is 0 Å². The van der Waals surface area contributed by atoms with Crippen molar-refractivity contribution in [2.24, 2.45) is 5.92 Å². The maximum absolute atomic E-state index is 11.8. The summed E-state index contributed by atoms with van der Waals surface area (Å²) >= 11 is 0. The van der Waals surface area contributed by atoms with Crippen molar-refractivity contribution in [1.29, 1.82) is 0 Å². The molecule has 5 nitrogen and oxygen atoms in total. The van der Waals surface area contributed by atoms with Gasteiger partial charge in [-0.15, -0.1) is 12.4 Å². The van der Waals surface area contributed by atoms with Crippen molar-refractivity contribution in [2.45, 2.75) is 32.6 Å². The zero-order chi connectivity index (χ0) is 15.8. The minimum atomic E-state index is 0. The van der Waals surface area contributed by atoms with E-state index in [2.05, 4.69) is 22.9 Å². The van der Waals surface area contributed by atoms with Crippen LogP contribution in [0, 0.1) is 5.92 Å². The van der Waals surface area contributed by atoms with Crippen LogP contribution in [0.3, 0.4) is 0 Å². The van der Waals surface area contributed by atoms with Crippen molar-refractivity contribution in [3.8, 4) is 0 Å². The van der Waals surface area contributed by atoms with Crippen molar-refractivity contribution in [1.82, 2.24) is 10.6 Å². The SMILES string of the molecule is CCCNCCNC(=O)Cc1ccc(NC(=O)C2CC2)cc1.Cl. The highest BCUT2D eigenvalue weighted by molar-refractivity contribution is 5.94. The van der Waals surface area contributed by atoms with Gasteiger partial charge in [0.25, 0.3) is 0 Å². The molecule has 3 N–H and O–H groups in total. The number of amides is 2. The lowest BCUT2D eigenvalue weighted by atomic mass is 10.1. The van der Waals surface area contributed by atoms with Crippen molar-refractivity contribution in [3.05, 3.63) is 29.8 Å². The standard InChI is InChI=1S/C17H25N3O2.ClH/c1-2-9-18-10-11-19-16(21)12-13-3-7-15(8-4-13)20-17(22)14-5-6-14;/h3-4,7-8,14,18H,2,5-6,9-12H2,1H3,(H,19,21)(H,20,22);1H. The molecule has 0 saturated heterocycles. The quantitative estimate of drug-likeness (QED) is 0.603. The second-order valence-electron chi connectivity index (χ2n) is 5.74. The number of benzene rings is 1. The summed E-state index contributed by atoms with van der Waals surface area (Å²) in [7, 11) is 0. The Morgan fingerprint density at radius 2 is 1.78 bits per heavy atom. The number of anilines is 1. The van der Waals surface area contributed by atoms with Crippen LogP contribution in [0.4, 0.5) is 5.69 Å². The van der Waals surface area contributed by atoms with Gasteiger partial charge in [0.15, 0.2) is 0 Å². The maximum Gasteiger partial charge on any atom is 0.227 e. The highest BCUT2D eigenvalue weighted by Gasteiger charge is 2.29. The molecule has 1 aliphatic rings. The summed E-state index contributed by atoms with van der Waals surface area (Å²) in [4.78, 5) is 23.4. The Kier molecular flexibility index (Phi) is 8.66. The van der Waals surface area contributed by atoms with Crippen LogP contribution in [0.15, 0.2) is 24.3 Å². The lowest BCUT2D eigenvalue weighted by molar-refractivity contribution is -0.120. The van der Waals surface area contributed by atoms with E-state index < -0.39 is 0 Å². The molecule has 0 unspecified atom stereocenters. The first-order valence-corrected chi connectivity index (χ1v) is 8.06. The minimum Gasteiger partial charge on any atom is -0.355 e. The monoisotopic (exact) mass is 339 g/mol. The van der Waals surface area contributed by atoms with Crippen LogP contribution < -0.4 is 16.0 Å². The molecule has 0 atom stereocenters. The summed E-state index contributed by atoms with van der Waals surface area (Å²) in [6.45, 7) is 4.53. The third-order valence-electron chi connectivity index (χ3n) is 3.59. The summed E-state index contributed by atoms with van der Waals surface area (Å²) in [6, 6.07) is 7.48. The number of carbonyl (C=O) groups excluding carboxylic acids is 2. The van der Waals surface area contributed by atoms with Gasteiger partial charge in [-0.1, -0.05) is 19.1 Å². The molecule has 1 aromatic carbocycles. The van der Waals surface area contributed by atoms with Gasteiger partial charge in [0.2, 0.25) is 11.8 Å². The Bertz CT molecular complexity index is 501. The summed E-state index contributed by atoms with van der Waals surface area (Å²) in [5, 5.41) is 9.02. The Balaban J connectivity index is 0.00000264. The smallest absolute Gasteiger partial charge is 0.227 e. The Labute approximate surface area is 144 Å². The van der Waals surface area contributed by atoms with Crippen molar-refractivity contribution in [3.63, 3.8) is 0 Å². The van der Waals surface area contributed by atoms with E-state index in [0.29, 0.717) is 13.0 Å². The highest BCUT2D eigenvalue weighted by Crippen LogP contribution is 2.30. The minimum absolute atomic E-state index is 0. The number of hydrogen-bond acceptors (Lipinski definition) is 3. The second kappa shape index (κ2) is 10.2. The predicted octanol–water partition coefficient (Wildman–Crippen LogP) is 2.12. The summed E-state index contributed by atoms with van der Waals surface area (Å²) in [5.74, 6) is 0.324. The van der Waals surface area contributed by atoms with Gasteiger partial charge < -0.3 is 16.0 Å². The van der Waals surface area contributed by atoms with E-state index in [-0.39, 0.29) is 30.1 Å². The number of hydrogen-bond donors (Lipinski definition) is 3. The molecule has 23 heavy (non-hydrogen) atoms. The molecule has 0 spiro atoms. The van der Waals surface area contributed by atoms with Gasteiger partial charge in [0.1, 0.15) is 0 Å². The number of halogens is 1. The van der Waals surface area contributed by atoms with Gasteiger partial charge in [0.05, 0.1) is 6.42 Å². The van der Waals surface area contributed by atoms with Crippen LogP contribution in [0.25, 0.3) is 0 Å². The lowest BCUT2D eigenvalue weighted by Gasteiger charge is -2.08. The van der Waals surface area contributed by atoms with Gasteiger partial charge in [-0.2, -0.15) is 0 Å². The van der Waals surface area contributed by atoms with E-state index in [0.717, 1.165) is 43.6 Å². The average Bonchev–Trinajstić information content (AvgIpc) is 3.34. The molecule has 1 saturated carbocycles. The topological polar surface area (TPSA) is 70.2 Å². The van der Waals surface area contributed by atoms with Crippen LogP contribution in [-0.4, -0.2) is 31.4 Å². The van der Waals surface area contributed by atoms with E-state index in [1.165, 1.54) is 0 Å². The summed E-state index contributed by atoms with van der Waals surface area (Å²) in [5.41, 5.74) is 1.74. The van der Waals surface area contributed by atoms with Crippen LogP contribution in [0.1, 0.15) is 31.7 Å². The first-order chi connectivity index (χ1) is 10.7. The molecule has 1 fully saturated rings. The number of carbonyl (C=O) groups is 2. The fourth-order valence-corrected chi connectivity index (χ4v) is 2.14. The van der Waals surface area contributed by atoms with Crippen LogP contribution in [-0.2, 0) is 16.0 Å². The van der Waals surface area contributed by atoms with Crippen molar-refractivity contribution in [2.75, 3.05) is 25.0 Å². The van der Waals surface area contributed by atoms with Crippen molar-refractivity contribution >= 4 is 29.9 Å². The van der Waals surface area contributed by atoms with Crippen LogP contribution in [0.5, 0.6) is 0 Å².